The summed E-state index contributed by atoms with van der Waals surface area (Å²) < 4.78 is 1.38. The van der Waals surface area contributed by atoms with Gasteiger partial charge >= 0.3 is 5.69 Å². The fourth-order valence-corrected chi connectivity index (χ4v) is 1.79. The Bertz CT molecular complexity index is 480. The van der Waals surface area contributed by atoms with Gasteiger partial charge in [0, 0.05) is 18.8 Å². The molecule has 96 valence electrons. The molecule has 1 rings (SSSR count). The van der Waals surface area contributed by atoms with Crippen LogP contribution in [0.25, 0.3) is 0 Å². The van der Waals surface area contributed by atoms with Crippen LogP contribution in [0.4, 0.5) is 11.5 Å². The smallest absolute Gasteiger partial charge is 0.330 e. The quantitative estimate of drug-likeness (QED) is 0.638. The van der Waals surface area contributed by atoms with Gasteiger partial charge < -0.3 is 11.1 Å². The van der Waals surface area contributed by atoms with E-state index in [9.17, 15) is 9.59 Å². The minimum absolute atomic E-state index is 0.210. The molecular formula is C10H18N4O2S. The van der Waals surface area contributed by atoms with E-state index < -0.39 is 11.2 Å². The van der Waals surface area contributed by atoms with E-state index in [1.54, 1.807) is 11.8 Å². The van der Waals surface area contributed by atoms with Crippen molar-refractivity contribution in [2.45, 2.75) is 19.9 Å². The Hall–Kier alpha value is -1.37. The molecule has 6 nitrogen and oxygen atoms in total. The van der Waals surface area contributed by atoms with Crippen LogP contribution in [0.5, 0.6) is 0 Å². The third-order valence-corrected chi connectivity index (χ3v) is 2.91. The van der Waals surface area contributed by atoms with Crippen molar-refractivity contribution >= 4 is 23.3 Å². The Morgan fingerprint density at radius 1 is 1.47 bits per heavy atom. The lowest BCUT2D eigenvalue weighted by atomic mass is 10.4. The molecule has 0 saturated carbocycles. The summed E-state index contributed by atoms with van der Waals surface area (Å²) >= 11 is 1.67. The molecule has 0 amide bonds. The third-order valence-electron chi connectivity index (χ3n) is 2.29. The van der Waals surface area contributed by atoms with Gasteiger partial charge in [-0.3, -0.25) is 14.3 Å². The molecule has 0 aliphatic carbocycles. The van der Waals surface area contributed by atoms with Crippen LogP contribution in [0.2, 0.25) is 0 Å². The molecule has 0 saturated heterocycles. The Kier molecular flexibility index (Phi) is 5.14. The molecule has 1 heterocycles. The minimum atomic E-state index is -0.457. The van der Waals surface area contributed by atoms with Gasteiger partial charge in [-0.2, -0.15) is 11.8 Å². The second kappa shape index (κ2) is 6.39. The van der Waals surface area contributed by atoms with Gasteiger partial charge in [-0.15, -0.1) is 0 Å². The third kappa shape index (κ3) is 3.29. The van der Waals surface area contributed by atoms with E-state index in [0.717, 1.165) is 12.2 Å². The van der Waals surface area contributed by atoms with E-state index in [1.807, 2.05) is 13.2 Å². The Balaban J connectivity index is 3.07. The summed E-state index contributed by atoms with van der Waals surface area (Å²) in [6, 6.07) is 0. The van der Waals surface area contributed by atoms with Gasteiger partial charge in [-0.05, 0) is 12.7 Å². The summed E-state index contributed by atoms with van der Waals surface area (Å²) in [7, 11) is 0. The predicted octanol–water partition coefficient (Wildman–Crippen LogP) is 0.304. The second-order valence-electron chi connectivity index (χ2n) is 3.59. The number of nitrogen functional groups attached to an aromatic ring is 1. The zero-order chi connectivity index (χ0) is 12.8. The van der Waals surface area contributed by atoms with Gasteiger partial charge in [-0.1, -0.05) is 6.92 Å². The number of rotatable bonds is 6. The standard InChI is InChI=1S/C10H18N4O2S/c1-3-5-14-8(11)7(12-4-6-17-2)9(15)13-10(14)16/h12H,3-6,11H2,1-2H3,(H,13,15,16). The molecule has 1 aromatic heterocycles. The molecule has 0 aliphatic heterocycles. The van der Waals surface area contributed by atoms with Gasteiger partial charge in [0.2, 0.25) is 0 Å². The van der Waals surface area contributed by atoms with Crippen LogP contribution in [0, 0.1) is 0 Å². The van der Waals surface area contributed by atoms with Gasteiger partial charge in [0.15, 0.2) is 0 Å². The minimum Gasteiger partial charge on any atom is -0.383 e. The number of hydrogen-bond donors (Lipinski definition) is 3. The fraction of sp³-hybridized carbons (Fsp3) is 0.600. The highest BCUT2D eigenvalue weighted by molar-refractivity contribution is 7.98. The normalized spacial score (nSPS) is 10.5. The molecular weight excluding hydrogens is 240 g/mol. The van der Waals surface area contributed by atoms with Crippen LogP contribution in [0.1, 0.15) is 13.3 Å². The van der Waals surface area contributed by atoms with Crippen molar-refractivity contribution in [1.82, 2.24) is 9.55 Å². The number of thioether (sulfide) groups is 1. The van der Waals surface area contributed by atoms with E-state index >= 15 is 0 Å². The van der Waals surface area contributed by atoms with Crippen molar-refractivity contribution in [1.29, 1.82) is 0 Å². The zero-order valence-electron chi connectivity index (χ0n) is 10.1. The summed E-state index contributed by atoms with van der Waals surface area (Å²) in [5.41, 5.74) is 5.20. The Morgan fingerprint density at radius 2 is 2.18 bits per heavy atom. The number of anilines is 2. The lowest BCUT2D eigenvalue weighted by Gasteiger charge is -2.12. The van der Waals surface area contributed by atoms with Crippen molar-refractivity contribution in [3.63, 3.8) is 0 Å². The largest absolute Gasteiger partial charge is 0.383 e. The SMILES string of the molecule is CCCn1c(N)c(NCCSC)c(=O)[nH]c1=O. The van der Waals surface area contributed by atoms with E-state index in [4.69, 9.17) is 5.73 Å². The summed E-state index contributed by atoms with van der Waals surface area (Å²) in [6.45, 7) is 3.08. The van der Waals surface area contributed by atoms with Crippen molar-refractivity contribution in [3.05, 3.63) is 20.8 Å². The molecule has 7 heteroatoms. The maximum Gasteiger partial charge on any atom is 0.330 e. The molecule has 0 radical (unpaired) electrons. The van der Waals surface area contributed by atoms with E-state index in [-0.39, 0.29) is 11.5 Å². The number of nitrogens with one attached hydrogen (secondary N) is 2. The molecule has 0 spiro atoms. The summed E-state index contributed by atoms with van der Waals surface area (Å²) in [5.74, 6) is 1.08. The number of nitrogens with two attached hydrogens (primary N) is 1. The van der Waals surface area contributed by atoms with Crippen molar-refractivity contribution in [2.24, 2.45) is 0 Å². The molecule has 0 aromatic carbocycles. The van der Waals surface area contributed by atoms with Gasteiger partial charge in [-0.25, -0.2) is 4.79 Å². The molecule has 0 atom stereocenters. The van der Waals surface area contributed by atoms with Gasteiger partial charge in [0.25, 0.3) is 5.56 Å². The highest BCUT2D eigenvalue weighted by Gasteiger charge is 2.10. The maximum absolute atomic E-state index is 11.6. The van der Waals surface area contributed by atoms with Crippen LogP contribution in [0.15, 0.2) is 9.59 Å². The van der Waals surface area contributed by atoms with Crippen molar-refractivity contribution < 1.29 is 0 Å². The Morgan fingerprint density at radius 3 is 2.76 bits per heavy atom. The molecule has 17 heavy (non-hydrogen) atoms. The molecule has 1 aromatic rings. The number of nitrogens with zero attached hydrogens (tertiary/aromatic N) is 1. The second-order valence-corrected chi connectivity index (χ2v) is 4.58. The topological polar surface area (TPSA) is 92.9 Å². The van der Waals surface area contributed by atoms with Crippen LogP contribution in [-0.2, 0) is 6.54 Å². The molecule has 4 N–H and O–H groups in total. The summed E-state index contributed by atoms with van der Waals surface area (Å²) in [6.07, 6.45) is 2.76. The van der Waals surface area contributed by atoms with E-state index in [2.05, 4.69) is 10.3 Å². The monoisotopic (exact) mass is 258 g/mol. The number of aromatic nitrogens is 2. The molecule has 0 unspecified atom stereocenters. The van der Waals surface area contributed by atoms with Crippen LogP contribution >= 0.6 is 11.8 Å². The average molecular weight is 258 g/mol. The first-order chi connectivity index (χ1) is 8.11. The van der Waals surface area contributed by atoms with E-state index in [0.29, 0.717) is 13.1 Å². The molecule has 0 fully saturated rings. The van der Waals surface area contributed by atoms with Crippen LogP contribution in [0.3, 0.4) is 0 Å². The van der Waals surface area contributed by atoms with Gasteiger partial charge in [0.1, 0.15) is 11.5 Å². The number of hydrogen-bond acceptors (Lipinski definition) is 5. The highest BCUT2D eigenvalue weighted by atomic mass is 32.2. The lowest BCUT2D eigenvalue weighted by molar-refractivity contribution is 0.642. The highest BCUT2D eigenvalue weighted by Crippen LogP contribution is 2.10. The summed E-state index contributed by atoms with van der Waals surface area (Å²) in [5, 5.41) is 2.96. The van der Waals surface area contributed by atoms with Crippen molar-refractivity contribution in [2.75, 3.05) is 29.6 Å². The zero-order valence-corrected chi connectivity index (χ0v) is 10.9. The Labute approximate surface area is 104 Å². The summed E-state index contributed by atoms with van der Waals surface area (Å²) in [4.78, 5) is 25.4. The van der Waals surface area contributed by atoms with E-state index in [1.165, 1.54) is 4.57 Å². The predicted molar refractivity (Wildman–Crippen MR) is 72.9 cm³/mol. The first kappa shape index (κ1) is 13.7. The van der Waals surface area contributed by atoms with Crippen LogP contribution < -0.4 is 22.3 Å². The molecule has 0 aliphatic rings. The lowest BCUT2D eigenvalue weighted by Crippen LogP contribution is -2.34. The van der Waals surface area contributed by atoms with Crippen LogP contribution in [-0.4, -0.2) is 28.1 Å². The molecule has 0 bridgehead atoms. The van der Waals surface area contributed by atoms with Crippen molar-refractivity contribution in [3.8, 4) is 0 Å². The first-order valence-corrected chi connectivity index (χ1v) is 6.86. The van der Waals surface area contributed by atoms with Gasteiger partial charge in [0.05, 0.1) is 0 Å². The first-order valence-electron chi connectivity index (χ1n) is 5.47. The average Bonchev–Trinajstić information content (AvgIpc) is 2.29. The fourth-order valence-electron chi connectivity index (χ4n) is 1.48. The number of aromatic amines is 1. The number of H-pyrrole nitrogens is 1. The maximum atomic E-state index is 11.6.